The van der Waals surface area contributed by atoms with Gasteiger partial charge in [-0.2, -0.15) is 0 Å². The second-order valence-corrected chi connectivity index (χ2v) is 5.86. The van der Waals surface area contributed by atoms with Crippen molar-refractivity contribution < 1.29 is 9.18 Å². The largest absolute Gasteiger partial charge is 0.341 e. The summed E-state index contributed by atoms with van der Waals surface area (Å²) < 4.78 is 13.1. The van der Waals surface area contributed by atoms with Crippen molar-refractivity contribution >= 4 is 21.8 Å². The van der Waals surface area contributed by atoms with E-state index in [2.05, 4.69) is 20.8 Å². The van der Waals surface area contributed by atoms with Crippen molar-refractivity contribution in [2.75, 3.05) is 38.1 Å². The third-order valence-electron chi connectivity index (χ3n) is 3.59. The molecular formula is C15H20BrFN2O. The van der Waals surface area contributed by atoms with Crippen LogP contribution in [0.3, 0.4) is 0 Å². The maximum absolute atomic E-state index is 13.1. The molecule has 0 bridgehead atoms. The second kappa shape index (κ2) is 7.74. The number of halogens is 2. The number of carbonyl (C=O) groups is 1. The van der Waals surface area contributed by atoms with Crippen LogP contribution in [0.5, 0.6) is 0 Å². The molecule has 0 saturated carbocycles. The summed E-state index contributed by atoms with van der Waals surface area (Å²) in [5.41, 5.74) is 0.747. The summed E-state index contributed by atoms with van der Waals surface area (Å²) in [7, 11) is 0. The molecule has 0 radical (unpaired) electrons. The zero-order valence-electron chi connectivity index (χ0n) is 11.5. The van der Waals surface area contributed by atoms with Gasteiger partial charge in [0.1, 0.15) is 5.82 Å². The van der Waals surface area contributed by atoms with E-state index in [1.807, 2.05) is 4.90 Å². The monoisotopic (exact) mass is 342 g/mol. The smallest absolute Gasteiger partial charge is 0.227 e. The number of amides is 1. The molecule has 0 aliphatic carbocycles. The van der Waals surface area contributed by atoms with Crippen LogP contribution >= 0.6 is 15.9 Å². The van der Waals surface area contributed by atoms with Gasteiger partial charge in [0, 0.05) is 31.5 Å². The molecule has 1 aliphatic rings. The molecule has 110 valence electrons. The first-order chi connectivity index (χ1) is 9.69. The number of hydrogen-bond acceptors (Lipinski definition) is 2. The number of hydrogen-bond donors (Lipinski definition) is 0. The van der Waals surface area contributed by atoms with Gasteiger partial charge in [-0.1, -0.05) is 28.1 Å². The fourth-order valence-electron chi connectivity index (χ4n) is 2.50. The minimum atomic E-state index is -0.283. The zero-order valence-corrected chi connectivity index (χ0v) is 13.1. The predicted molar refractivity (Wildman–Crippen MR) is 81.5 cm³/mol. The van der Waals surface area contributed by atoms with Gasteiger partial charge in [0.05, 0.1) is 6.42 Å². The van der Waals surface area contributed by atoms with E-state index >= 15 is 0 Å². The van der Waals surface area contributed by atoms with Gasteiger partial charge in [0.2, 0.25) is 5.91 Å². The number of carbonyl (C=O) groups excluding carboxylic acids is 1. The number of rotatable bonds is 4. The fourth-order valence-corrected chi connectivity index (χ4v) is 3.00. The molecule has 0 aromatic heterocycles. The standard InChI is InChI=1S/C15H20BrFN2O/c16-5-8-18-6-2-7-19(10-9-18)15(20)12-13-3-1-4-14(17)11-13/h1,3-4,11H,2,5-10,12H2. The fraction of sp³-hybridized carbons (Fsp3) is 0.533. The third kappa shape index (κ3) is 4.56. The molecule has 3 nitrogen and oxygen atoms in total. The normalized spacial score (nSPS) is 17.0. The Bertz CT molecular complexity index is 455. The van der Waals surface area contributed by atoms with Gasteiger partial charge in [-0.15, -0.1) is 0 Å². The predicted octanol–water partition coefficient (Wildman–Crippen LogP) is 2.30. The van der Waals surface area contributed by atoms with Crippen LogP contribution in [-0.4, -0.2) is 53.8 Å². The van der Waals surface area contributed by atoms with Crippen LogP contribution in [0.15, 0.2) is 24.3 Å². The molecule has 0 unspecified atom stereocenters. The minimum absolute atomic E-state index is 0.0938. The number of nitrogens with zero attached hydrogens (tertiary/aromatic N) is 2. The maximum atomic E-state index is 13.1. The molecule has 1 aromatic carbocycles. The van der Waals surface area contributed by atoms with Crippen LogP contribution in [0.1, 0.15) is 12.0 Å². The lowest BCUT2D eigenvalue weighted by Crippen LogP contribution is -2.36. The average molecular weight is 343 g/mol. The first kappa shape index (κ1) is 15.4. The van der Waals surface area contributed by atoms with Gasteiger partial charge in [-0.05, 0) is 30.7 Å². The van der Waals surface area contributed by atoms with Crippen LogP contribution in [0.2, 0.25) is 0 Å². The highest BCUT2D eigenvalue weighted by atomic mass is 79.9. The molecular weight excluding hydrogens is 323 g/mol. The summed E-state index contributed by atoms with van der Waals surface area (Å²) >= 11 is 3.45. The van der Waals surface area contributed by atoms with E-state index in [4.69, 9.17) is 0 Å². The van der Waals surface area contributed by atoms with Gasteiger partial charge in [0.25, 0.3) is 0 Å². The van der Waals surface area contributed by atoms with Crippen molar-refractivity contribution in [3.05, 3.63) is 35.6 Å². The summed E-state index contributed by atoms with van der Waals surface area (Å²) in [6.45, 7) is 4.54. The van der Waals surface area contributed by atoms with Gasteiger partial charge in [0.15, 0.2) is 0 Å². The molecule has 1 saturated heterocycles. The average Bonchev–Trinajstić information content (AvgIpc) is 2.65. The summed E-state index contributed by atoms with van der Waals surface area (Å²) in [4.78, 5) is 16.5. The molecule has 20 heavy (non-hydrogen) atoms. The highest BCUT2D eigenvalue weighted by molar-refractivity contribution is 9.09. The summed E-state index contributed by atoms with van der Waals surface area (Å²) in [5.74, 6) is -0.189. The molecule has 0 spiro atoms. The first-order valence-electron chi connectivity index (χ1n) is 6.99. The molecule has 0 atom stereocenters. The highest BCUT2D eigenvalue weighted by Gasteiger charge is 2.18. The minimum Gasteiger partial charge on any atom is -0.341 e. The van der Waals surface area contributed by atoms with Crippen LogP contribution in [0.4, 0.5) is 4.39 Å². The van der Waals surface area contributed by atoms with Crippen molar-refractivity contribution in [2.24, 2.45) is 0 Å². The van der Waals surface area contributed by atoms with Gasteiger partial charge in [-0.3, -0.25) is 4.79 Å². The summed E-state index contributed by atoms with van der Waals surface area (Å²) in [6.07, 6.45) is 1.29. The Morgan fingerprint density at radius 2 is 2.10 bits per heavy atom. The van der Waals surface area contributed by atoms with E-state index in [1.54, 1.807) is 12.1 Å². The molecule has 1 amide bonds. The van der Waals surface area contributed by atoms with Crippen LogP contribution in [-0.2, 0) is 11.2 Å². The van der Waals surface area contributed by atoms with E-state index < -0.39 is 0 Å². The Hall–Kier alpha value is -0.940. The topological polar surface area (TPSA) is 23.6 Å². The van der Waals surface area contributed by atoms with E-state index in [0.717, 1.165) is 50.0 Å². The number of benzene rings is 1. The SMILES string of the molecule is O=C(Cc1cccc(F)c1)N1CCCN(CCBr)CC1. The Morgan fingerprint density at radius 1 is 1.25 bits per heavy atom. The second-order valence-electron chi connectivity index (χ2n) is 5.07. The van der Waals surface area contributed by atoms with E-state index in [1.165, 1.54) is 12.1 Å². The van der Waals surface area contributed by atoms with Crippen LogP contribution in [0.25, 0.3) is 0 Å². The lowest BCUT2D eigenvalue weighted by Gasteiger charge is -2.21. The van der Waals surface area contributed by atoms with E-state index in [9.17, 15) is 9.18 Å². The van der Waals surface area contributed by atoms with Crippen molar-refractivity contribution in [3.63, 3.8) is 0 Å². The third-order valence-corrected chi connectivity index (χ3v) is 3.94. The van der Waals surface area contributed by atoms with Gasteiger partial charge in [-0.25, -0.2) is 4.39 Å². The quantitative estimate of drug-likeness (QED) is 0.784. The maximum Gasteiger partial charge on any atom is 0.227 e. The Kier molecular flexibility index (Phi) is 5.98. The summed E-state index contributed by atoms with van der Waals surface area (Å²) in [5, 5.41) is 0.963. The molecule has 1 aliphatic heterocycles. The molecule has 1 aromatic rings. The molecule has 1 fully saturated rings. The Morgan fingerprint density at radius 3 is 2.85 bits per heavy atom. The molecule has 2 rings (SSSR count). The van der Waals surface area contributed by atoms with Gasteiger partial charge < -0.3 is 9.80 Å². The molecule has 1 heterocycles. The van der Waals surface area contributed by atoms with Crippen molar-refractivity contribution in [1.29, 1.82) is 0 Å². The Labute approximate surface area is 127 Å². The van der Waals surface area contributed by atoms with Crippen molar-refractivity contribution in [1.82, 2.24) is 9.80 Å². The summed E-state index contributed by atoms with van der Waals surface area (Å²) in [6, 6.07) is 6.29. The first-order valence-corrected chi connectivity index (χ1v) is 8.12. The lowest BCUT2D eigenvalue weighted by atomic mass is 10.1. The van der Waals surface area contributed by atoms with Crippen LogP contribution < -0.4 is 0 Å². The zero-order chi connectivity index (χ0) is 14.4. The van der Waals surface area contributed by atoms with E-state index in [0.29, 0.717) is 0 Å². The van der Waals surface area contributed by atoms with Crippen LogP contribution in [0, 0.1) is 5.82 Å². The van der Waals surface area contributed by atoms with E-state index in [-0.39, 0.29) is 18.1 Å². The highest BCUT2D eigenvalue weighted by Crippen LogP contribution is 2.09. The Balaban J connectivity index is 1.89. The lowest BCUT2D eigenvalue weighted by molar-refractivity contribution is -0.130. The number of alkyl halides is 1. The molecule has 5 heteroatoms. The van der Waals surface area contributed by atoms with Crippen molar-refractivity contribution in [2.45, 2.75) is 12.8 Å². The van der Waals surface area contributed by atoms with Crippen molar-refractivity contribution in [3.8, 4) is 0 Å². The molecule has 0 N–H and O–H groups in total. The van der Waals surface area contributed by atoms with Gasteiger partial charge >= 0.3 is 0 Å².